The number of benzene rings is 1. The molecule has 2 aromatic rings. The van der Waals surface area contributed by atoms with E-state index in [1.807, 2.05) is 31.2 Å². The van der Waals surface area contributed by atoms with E-state index in [9.17, 15) is 4.79 Å². The third kappa shape index (κ3) is 4.37. The molecule has 1 aromatic heterocycles. The predicted octanol–water partition coefficient (Wildman–Crippen LogP) is 3.85. The SMILES string of the molecule is CCc1nc(C)c(C(=O)N(C)Cc2ccccc2OCC(C)C)o1. The number of hydrogen-bond donors (Lipinski definition) is 0. The molecule has 2 rings (SSSR count). The summed E-state index contributed by atoms with van der Waals surface area (Å²) in [6.07, 6.45) is 0.670. The van der Waals surface area contributed by atoms with Gasteiger partial charge in [0.2, 0.25) is 5.76 Å². The quantitative estimate of drug-likeness (QED) is 0.774. The maximum Gasteiger partial charge on any atom is 0.291 e. The lowest BCUT2D eigenvalue weighted by atomic mass is 10.1. The number of aryl methyl sites for hydroxylation is 2. The van der Waals surface area contributed by atoms with Gasteiger partial charge in [-0.2, -0.15) is 0 Å². The van der Waals surface area contributed by atoms with E-state index < -0.39 is 0 Å². The van der Waals surface area contributed by atoms with Gasteiger partial charge in [0, 0.05) is 25.6 Å². The van der Waals surface area contributed by atoms with Crippen LogP contribution >= 0.6 is 0 Å². The molecule has 0 saturated heterocycles. The van der Waals surface area contributed by atoms with Crippen molar-refractivity contribution in [1.82, 2.24) is 9.88 Å². The van der Waals surface area contributed by atoms with Gasteiger partial charge < -0.3 is 14.1 Å². The number of hydrogen-bond acceptors (Lipinski definition) is 4. The van der Waals surface area contributed by atoms with Crippen LogP contribution < -0.4 is 4.74 Å². The molecule has 0 bridgehead atoms. The van der Waals surface area contributed by atoms with Crippen molar-refractivity contribution >= 4 is 5.91 Å². The fraction of sp³-hybridized carbons (Fsp3) is 0.474. The Morgan fingerprint density at radius 2 is 2.04 bits per heavy atom. The molecule has 0 fully saturated rings. The molecule has 0 N–H and O–H groups in total. The smallest absolute Gasteiger partial charge is 0.291 e. The van der Waals surface area contributed by atoms with E-state index in [1.54, 1.807) is 18.9 Å². The summed E-state index contributed by atoms with van der Waals surface area (Å²) in [5.74, 6) is 1.99. The summed E-state index contributed by atoms with van der Waals surface area (Å²) < 4.78 is 11.4. The van der Waals surface area contributed by atoms with Gasteiger partial charge in [-0.05, 0) is 18.9 Å². The molecule has 0 atom stereocenters. The number of para-hydroxylation sites is 1. The molecule has 24 heavy (non-hydrogen) atoms. The van der Waals surface area contributed by atoms with Crippen molar-refractivity contribution in [3.63, 3.8) is 0 Å². The molecule has 0 aliphatic rings. The van der Waals surface area contributed by atoms with Crippen molar-refractivity contribution in [2.45, 2.75) is 40.7 Å². The zero-order valence-electron chi connectivity index (χ0n) is 15.1. The highest BCUT2D eigenvalue weighted by atomic mass is 16.5. The van der Waals surface area contributed by atoms with Crippen molar-refractivity contribution in [2.24, 2.45) is 5.92 Å². The first-order chi connectivity index (χ1) is 11.4. The van der Waals surface area contributed by atoms with Crippen LogP contribution in [0, 0.1) is 12.8 Å². The molecule has 1 aromatic carbocycles. The number of rotatable bonds is 7. The zero-order valence-corrected chi connectivity index (χ0v) is 15.1. The molecule has 0 saturated carbocycles. The Balaban J connectivity index is 2.12. The van der Waals surface area contributed by atoms with Crippen molar-refractivity contribution in [3.05, 3.63) is 47.2 Å². The van der Waals surface area contributed by atoms with Gasteiger partial charge in [-0.1, -0.05) is 39.0 Å². The molecule has 1 heterocycles. The number of carbonyl (C=O) groups excluding carboxylic acids is 1. The standard InChI is InChI=1S/C19H26N2O3/c1-6-17-20-14(4)18(24-17)19(22)21(5)11-15-9-7-8-10-16(15)23-12-13(2)3/h7-10,13H,6,11-12H2,1-5H3. The summed E-state index contributed by atoms with van der Waals surface area (Å²) in [5, 5.41) is 0. The van der Waals surface area contributed by atoms with Gasteiger partial charge >= 0.3 is 0 Å². The second kappa shape index (κ2) is 7.99. The molecule has 5 heteroatoms. The highest BCUT2D eigenvalue weighted by Crippen LogP contribution is 2.21. The first-order valence-electron chi connectivity index (χ1n) is 8.34. The minimum atomic E-state index is -0.168. The number of ether oxygens (including phenoxy) is 1. The molecule has 0 spiro atoms. The van der Waals surface area contributed by atoms with Crippen LogP contribution in [-0.2, 0) is 13.0 Å². The van der Waals surface area contributed by atoms with Crippen LogP contribution in [0.4, 0.5) is 0 Å². The number of oxazole rings is 1. The zero-order chi connectivity index (χ0) is 17.7. The summed E-state index contributed by atoms with van der Waals surface area (Å²) in [6.45, 7) is 9.06. The molecule has 0 aliphatic heterocycles. The maximum atomic E-state index is 12.6. The first kappa shape index (κ1) is 18.0. The number of aromatic nitrogens is 1. The number of amides is 1. The summed E-state index contributed by atoms with van der Waals surface area (Å²) in [6, 6.07) is 7.80. The summed E-state index contributed by atoms with van der Waals surface area (Å²) >= 11 is 0. The van der Waals surface area contributed by atoms with E-state index >= 15 is 0 Å². The van der Waals surface area contributed by atoms with Crippen LogP contribution in [0.1, 0.15) is 48.5 Å². The summed E-state index contributed by atoms with van der Waals surface area (Å²) in [7, 11) is 1.76. The van der Waals surface area contributed by atoms with Crippen molar-refractivity contribution < 1.29 is 13.9 Å². The molecule has 0 aliphatic carbocycles. The Labute approximate surface area is 143 Å². The fourth-order valence-corrected chi connectivity index (χ4v) is 2.33. The van der Waals surface area contributed by atoms with Gasteiger partial charge in [-0.3, -0.25) is 4.79 Å². The Morgan fingerprint density at radius 3 is 2.67 bits per heavy atom. The van der Waals surface area contributed by atoms with E-state index in [-0.39, 0.29) is 5.91 Å². The average Bonchev–Trinajstić information content (AvgIpc) is 2.94. The van der Waals surface area contributed by atoms with Crippen LogP contribution in [-0.4, -0.2) is 29.4 Å². The molecule has 0 unspecified atom stereocenters. The van der Waals surface area contributed by atoms with Gasteiger partial charge in [-0.25, -0.2) is 4.98 Å². The Bertz CT molecular complexity index is 692. The fourth-order valence-electron chi connectivity index (χ4n) is 2.33. The molecular weight excluding hydrogens is 304 g/mol. The topological polar surface area (TPSA) is 55.6 Å². The third-order valence-electron chi connectivity index (χ3n) is 3.64. The minimum Gasteiger partial charge on any atom is -0.493 e. The highest BCUT2D eigenvalue weighted by Gasteiger charge is 2.21. The van der Waals surface area contributed by atoms with Crippen molar-refractivity contribution in [1.29, 1.82) is 0 Å². The molecule has 1 amide bonds. The molecule has 0 radical (unpaired) electrons. The number of carbonyl (C=O) groups is 1. The van der Waals surface area contributed by atoms with Crippen LogP contribution in [0.3, 0.4) is 0 Å². The van der Waals surface area contributed by atoms with Gasteiger partial charge in [-0.15, -0.1) is 0 Å². The third-order valence-corrected chi connectivity index (χ3v) is 3.64. The van der Waals surface area contributed by atoms with Crippen LogP contribution in [0.5, 0.6) is 5.75 Å². The van der Waals surface area contributed by atoms with E-state index in [0.717, 1.165) is 11.3 Å². The lowest BCUT2D eigenvalue weighted by Crippen LogP contribution is -2.26. The summed E-state index contributed by atoms with van der Waals surface area (Å²) in [4.78, 5) is 18.5. The van der Waals surface area contributed by atoms with Crippen molar-refractivity contribution in [2.75, 3.05) is 13.7 Å². The molecule has 5 nitrogen and oxygen atoms in total. The van der Waals surface area contributed by atoms with Gasteiger partial charge in [0.25, 0.3) is 5.91 Å². The van der Waals surface area contributed by atoms with E-state index in [1.165, 1.54) is 0 Å². The predicted molar refractivity (Wildman–Crippen MR) is 93.2 cm³/mol. The van der Waals surface area contributed by atoms with Gasteiger partial charge in [0.1, 0.15) is 5.75 Å². The van der Waals surface area contributed by atoms with Crippen LogP contribution in [0.2, 0.25) is 0 Å². The van der Waals surface area contributed by atoms with E-state index in [4.69, 9.17) is 9.15 Å². The maximum absolute atomic E-state index is 12.6. The highest BCUT2D eigenvalue weighted by molar-refractivity contribution is 5.92. The Kier molecular flexibility index (Phi) is 6.01. The monoisotopic (exact) mass is 330 g/mol. The lowest BCUT2D eigenvalue weighted by Gasteiger charge is -2.19. The first-order valence-corrected chi connectivity index (χ1v) is 8.34. The van der Waals surface area contributed by atoms with Crippen LogP contribution in [0.15, 0.2) is 28.7 Å². The van der Waals surface area contributed by atoms with Crippen LogP contribution in [0.25, 0.3) is 0 Å². The largest absolute Gasteiger partial charge is 0.493 e. The Hall–Kier alpha value is -2.30. The van der Waals surface area contributed by atoms with E-state index in [2.05, 4.69) is 18.8 Å². The van der Waals surface area contributed by atoms with Gasteiger partial charge in [0.15, 0.2) is 5.89 Å². The summed E-state index contributed by atoms with van der Waals surface area (Å²) in [5.41, 5.74) is 1.61. The average molecular weight is 330 g/mol. The molecule has 130 valence electrons. The second-order valence-corrected chi connectivity index (χ2v) is 6.35. The second-order valence-electron chi connectivity index (χ2n) is 6.35. The molecular formula is C19H26N2O3. The lowest BCUT2D eigenvalue weighted by molar-refractivity contribution is 0.0749. The minimum absolute atomic E-state index is 0.168. The van der Waals surface area contributed by atoms with Crippen molar-refractivity contribution in [3.8, 4) is 5.75 Å². The normalized spacial score (nSPS) is 10.9. The van der Waals surface area contributed by atoms with E-state index in [0.29, 0.717) is 42.8 Å². The Morgan fingerprint density at radius 1 is 1.33 bits per heavy atom. The number of nitrogens with zero attached hydrogens (tertiary/aromatic N) is 2. The van der Waals surface area contributed by atoms with Gasteiger partial charge in [0.05, 0.1) is 12.3 Å².